The molecule has 3 aromatic rings. The molecule has 0 aliphatic carbocycles. The van der Waals surface area contributed by atoms with Crippen LogP contribution in [0.3, 0.4) is 0 Å². The van der Waals surface area contributed by atoms with E-state index in [0.29, 0.717) is 12.1 Å². The fraction of sp³-hybridized carbons (Fsp3) is 0.370. The van der Waals surface area contributed by atoms with Gasteiger partial charge in [-0.25, -0.2) is 9.78 Å². The number of hydrogen-bond acceptors (Lipinski definition) is 7. The van der Waals surface area contributed by atoms with Crippen molar-refractivity contribution >= 4 is 40.3 Å². The minimum absolute atomic E-state index is 0.281. The number of carbonyl (C=O) groups excluding carboxylic acids is 2. The Morgan fingerprint density at radius 2 is 1.68 bits per heavy atom. The third-order valence-corrected chi connectivity index (χ3v) is 6.84. The molecule has 204 valence electrons. The number of hydrogen-bond donors (Lipinski definition) is 3. The number of nitrogens with one attached hydrogen (secondary N) is 3. The first-order valence-electron chi connectivity index (χ1n) is 12.3. The van der Waals surface area contributed by atoms with Crippen LogP contribution in [-0.2, 0) is 40.1 Å². The standard InChI is InChI=1S/C27H34N4O5S2/c1-5-20-17-37-25(28-20)23(16-19-11-13-21(14-12-19)31-38(34)35)29-24(32)22(15-18-9-7-6-8-10-18)30-26(33)36-27(2,3)4/h6-14,17,22-23,31H,5,15-16H2,1-4H3,(H,29,32)(H,30,33)(H,34,35)/p-1/t22-,23+/m1/s1. The SMILES string of the molecule is CCc1csc([C@H](Cc2ccc(NS(=O)[O-])cc2)NC(=O)[C@@H](Cc2ccccc2)NC(=O)OC(C)(C)C)n1. The second kappa shape index (κ2) is 13.5. The molecule has 0 saturated heterocycles. The molecule has 0 spiro atoms. The molecule has 0 fully saturated rings. The molecule has 3 atom stereocenters. The van der Waals surface area contributed by atoms with Crippen molar-refractivity contribution in [2.45, 2.75) is 64.6 Å². The Morgan fingerprint density at radius 1 is 1.03 bits per heavy atom. The highest BCUT2D eigenvalue weighted by Crippen LogP contribution is 2.24. The average molecular weight is 558 g/mol. The van der Waals surface area contributed by atoms with Gasteiger partial charge in [0.2, 0.25) is 5.91 Å². The summed E-state index contributed by atoms with van der Waals surface area (Å²) in [5, 5.41) is 8.51. The van der Waals surface area contributed by atoms with Gasteiger partial charge in [0.15, 0.2) is 0 Å². The van der Waals surface area contributed by atoms with Crippen LogP contribution in [0.5, 0.6) is 0 Å². The predicted molar refractivity (Wildman–Crippen MR) is 148 cm³/mol. The zero-order chi connectivity index (χ0) is 27.7. The molecule has 11 heteroatoms. The lowest BCUT2D eigenvalue weighted by atomic mass is 10.0. The van der Waals surface area contributed by atoms with Crippen molar-refractivity contribution in [2.24, 2.45) is 0 Å². The summed E-state index contributed by atoms with van der Waals surface area (Å²) in [7, 11) is 0. The molecule has 38 heavy (non-hydrogen) atoms. The summed E-state index contributed by atoms with van der Waals surface area (Å²) in [6.45, 7) is 7.30. The van der Waals surface area contributed by atoms with Crippen molar-refractivity contribution < 1.29 is 23.1 Å². The van der Waals surface area contributed by atoms with Crippen molar-refractivity contribution in [3.8, 4) is 0 Å². The van der Waals surface area contributed by atoms with E-state index in [2.05, 4.69) is 20.3 Å². The highest BCUT2D eigenvalue weighted by atomic mass is 32.2. The molecule has 1 aromatic heterocycles. The minimum Gasteiger partial charge on any atom is -0.755 e. The summed E-state index contributed by atoms with van der Waals surface area (Å²) >= 11 is -0.953. The number of amides is 2. The number of rotatable bonds is 11. The molecule has 2 amide bonds. The van der Waals surface area contributed by atoms with E-state index in [-0.39, 0.29) is 12.3 Å². The van der Waals surface area contributed by atoms with Gasteiger partial charge in [-0.3, -0.25) is 9.00 Å². The minimum atomic E-state index is -2.41. The summed E-state index contributed by atoms with van der Waals surface area (Å²) < 4.78 is 29.5. The Balaban J connectivity index is 1.83. The predicted octanol–water partition coefficient (Wildman–Crippen LogP) is 4.45. The number of ether oxygens (including phenoxy) is 1. The topological polar surface area (TPSA) is 132 Å². The van der Waals surface area contributed by atoms with Crippen molar-refractivity contribution in [3.05, 3.63) is 81.8 Å². The van der Waals surface area contributed by atoms with Crippen LogP contribution >= 0.6 is 11.3 Å². The summed E-state index contributed by atoms with van der Waals surface area (Å²) in [4.78, 5) is 30.9. The maximum Gasteiger partial charge on any atom is 0.408 e. The van der Waals surface area contributed by atoms with Crippen LogP contribution in [0, 0.1) is 0 Å². The van der Waals surface area contributed by atoms with Gasteiger partial charge in [0.05, 0.1) is 11.7 Å². The van der Waals surface area contributed by atoms with Crippen LogP contribution in [0.15, 0.2) is 60.0 Å². The molecule has 0 radical (unpaired) electrons. The van der Waals surface area contributed by atoms with Crippen LogP contribution in [0.25, 0.3) is 0 Å². The summed E-state index contributed by atoms with van der Waals surface area (Å²) in [5.41, 5.74) is 2.42. The number of benzene rings is 2. The van der Waals surface area contributed by atoms with E-state index < -0.39 is 35.0 Å². The number of alkyl carbamates (subject to hydrolysis) is 1. The second-order valence-electron chi connectivity index (χ2n) is 9.72. The first-order valence-corrected chi connectivity index (χ1v) is 14.2. The van der Waals surface area contributed by atoms with E-state index in [1.165, 1.54) is 11.3 Å². The second-order valence-corrected chi connectivity index (χ2v) is 11.3. The van der Waals surface area contributed by atoms with Gasteiger partial charge in [0, 0.05) is 28.8 Å². The maximum absolute atomic E-state index is 13.6. The lowest BCUT2D eigenvalue weighted by molar-refractivity contribution is -0.124. The van der Waals surface area contributed by atoms with E-state index in [1.807, 2.05) is 42.6 Å². The highest BCUT2D eigenvalue weighted by Gasteiger charge is 2.28. The molecule has 3 rings (SSSR count). The average Bonchev–Trinajstić information content (AvgIpc) is 3.33. The van der Waals surface area contributed by atoms with E-state index in [9.17, 15) is 18.4 Å². The molecule has 0 aliphatic heterocycles. The molecule has 0 aliphatic rings. The molecule has 1 heterocycles. The Hall–Kier alpha value is -3.28. The lowest BCUT2D eigenvalue weighted by Gasteiger charge is -2.25. The Kier molecular flexibility index (Phi) is 10.4. The molecular formula is C27H33N4O5S2-. The number of carbonyl (C=O) groups is 2. The van der Waals surface area contributed by atoms with Gasteiger partial charge in [0.1, 0.15) is 16.7 Å². The van der Waals surface area contributed by atoms with Crippen LogP contribution < -0.4 is 15.4 Å². The summed E-state index contributed by atoms with van der Waals surface area (Å²) in [6.07, 6.45) is 0.795. The van der Waals surface area contributed by atoms with Gasteiger partial charge in [0.25, 0.3) is 0 Å². The van der Waals surface area contributed by atoms with Gasteiger partial charge in [-0.05, 0) is 56.9 Å². The van der Waals surface area contributed by atoms with Gasteiger partial charge < -0.3 is 24.6 Å². The van der Waals surface area contributed by atoms with Crippen molar-refractivity contribution in [1.82, 2.24) is 15.6 Å². The van der Waals surface area contributed by atoms with Gasteiger partial charge in [-0.2, -0.15) is 0 Å². The van der Waals surface area contributed by atoms with Crippen LogP contribution in [0.1, 0.15) is 55.6 Å². The number of aryl methyl sites for hydroxylation is 1. The monoisotopic (exact) mass is 557 g/mol. The molecule has 0 bridgehead atoms. The third-order valence-electron chi connectivity index (χ3n) is 5.43. The van der Waals surface area contributed by atoms with Crippen LogP contribution in [0.2, 0.25) is 0 Å². The van der Waals surface area contributed by atoms with E-state index in [1.54, 1.807) is 45.0 Å². The Bertz CT molecular complexity index is 1230. The highest BCUT2D eigenvalue weighted by molar-refractivity contribution is 7.80. The van der Waals surface area contributed by atoms with Crippen molar-refractivity contribution in [1.29, 1.82) is 0 Å². The van der Waals surface area contributed by atoms with Gasteiger partial charge in [-0.1, -0.05) is 49.4 Å². The summed E-state index contributed by atoms with van der Waals surface area (Å²) in [5.74, 6) is -0.363. The molecule has 1 unspecified atom stereocenters. The first-order chi connectivity index (χ1) is 18.0. The number of anilines is 1. The number of thiazole rings is 1. The smallest absolute Gasteiger partial charge is 0.408 e. The van der Waals surface area contributed by atoms with Crippen LogP contribution in [0.4, 0.5) is 10.5 Å². The van der Waals surface area contributed by atoms with E-state index in [4.69, 9.17) is 4.74 Å². The molecule has 2 aromatic carbocycles. The van der Waals surface area contributed by atoms with Gasteiger partial charge in [-0.15, -0.1) is 11.3 Å². The fourth-order valence-electron chi connectivity index (χ4n) is 3.67. The molecule has 3 N–H and O–H groups in total. The quantitative estimate of drug-likeness (QED) is 0.299. The number of aromatic nitrogens is 1. The van der Waals surface area contributed by atoms with E-state index >= 15 is 0 Å². The maximum atomic E-state index is 13.6. The first kappa shape index (κ1) is 29.3. The third kappa shape index (κ3) is 9.55. The van der Waals surface area contributed by atoms with Crippen molar-refractivity contribution in [2.75, 3.05) is 4.72 Å². The zero-order valence-corrected chi connectivity index (χ0v) is 23.5. The number of nitrogens with zero attached hydrogens (tertiary/aromatic N) is 1. The zero-order valence-electron chi connectivity index (χ0n) is 21.9. The van der Waals surface area contributed by atoms with Crippen molar-refractivity contribution in [3.63, 3.8) is 0 Å². The molecule has 9 nitrogen and oxygen atoms in total. The van der Waals surface area contributed by atoms with E-state index in [0.717, 1.165) is 28.2 Å². The molecule has 0 saturated carbocycles. The van der Waals surface area contributed by atoms with Crippen LogP contribution in [-0.4, -0.2) is 37.4 Å². The Morgan fingerprint density at radius 3 is 2.26 bits per heavy atom. The Labute approximate surface area is 229 Å². The largest absolute Gasteiger partial charge is 0.755 e. The fourth-order valence-corrected chi connectivity index (χ4v) is 4.95. The molecular weight excluding hydrogens is 524 g/mol. The van der Waals surface area contributed by atoms with Gasteiger partial charge >= 0.3 is 6.09 Å². The normalized spacial score (nSPS) is 13.7. The summed E-state index contributed by atoms with van der Waals surface area (Å²) in [6, 6.07) is 15.0. The lowest BCUT2D eigenvalue weighted by Crippen LogP contribution is -2.50.